The van der Waals surface area contributed by atoms with Gasteiger partial charge in [0.15, 0.2) is 0 Å². The highest BCUT2D eigenvalue weighted by Gasteiger charge is 2.49. The summed E-state index contributed by atoms with van der Waals surface area (Å²) < 4.78 is 32.8. The Labute approximate surface area is 166 Å². The van der Waals surface area contributed by atoms with Gasteiger partial charge in [0.05, 0.1) is 32.6 Å². The van der Waals surface area contributed by atoms with Crippen LogP contribution in [0.2, 0.25) is 0 Å². The number of hydrogen-bond acceptors (Lipinski definition) is 8. The molecule has 0 fully saturated rings. The zero-order chi connectivity index (χ0) is 21.6. The first-order valence-corrected chi connectivity index (χ1v) is 11.1. The molecule has 1 amide bonds. The van der Waals surface area contributed by atoms with E-state index in [9.17, 15) is 18.9 Å². The molecule has 10 heteroatoms. The van der Waals surface area contributed by atoms with Crippen molar-refractivity contribution in [1.29, 1.82) is 0 Å². The third kappa shape index (κ3) is 8.54. The molecule has 28 heavy (non-hydrogen) atoms. The minimum absolute atomic E-state index is 0.0369. The van der Waals surface area contributed by atoms with Crippen LogP contribution in [0, 0.1) is 0 Å². The Bertz CT molecular complexity index is 562. The van der Waals surface area contributed by atoms with Crippen molar-refractivity contribution in [2.75, 3.05) is 32.6 Å². The van der Waals surface area contributed by atoms with Crippen LogP contribution in [0.25, 0.3) is 0 Å². The molecule has 0 aromatic heterocycles. The number of allylic oxidation sites excluding steroid dienone is 1. The van der Waals surface area contributed by atoms with Gasteiger partial charge in [0, 0.05) is 13.3 Å². The fourth-order valence-electron chi connectivity index (χ4n) is 2.38. The van der Waals surface area contributed by atoms with Gasteiger partial charge in [-0.15, -0.1) is 0 Å². The number of hydrogen-bond donors (Lipinski definition) is 1. The van der Waals surface area contributed by atoms with Crippen LogP contribution in [0.5, 0.6) is 0 Å². The average Bonchev–Trinajstić information content (AvgIpc) is 2.60. The highest BCUT2D eigenvalue weighted by atomic mass is 31.2. The van der Waals surface area contributed by atoms with Gasteiger partial charge in [0.1, 0.15) is 0 Å². The lowest BCUT2D eigenvalue weighted by atomic mass is 9.94. The van der Waals surface area contributed by atoms with E-state index in [0.717, 1.165) is 0 Å². The Kier molecular flexibility index (Phi) is 12.7. The Hall–Kier alpha value is -1.70. The van der Waals surface area contributed by atoms with Gasteiger partial charge in [-0.2, -0.15) is 0 Å². The molecule has 0 saturated carbocycles. The predicted molar refractivity (Wildman–Crippen MR) is 104 cm³/mol. The van der Waals surface area contributed by atoms with Crippen molar-refractivity contribution < 1.29 is 37.5 Å². The normalized spacial score (nSPS) is 12.0. The third-order valence-corrected chi connectivity index (χ3v) is 5.56. The molecule has 0 aromatic rings. The number of ether oxygens (including phenoxy) is 2. The molecule has 9 nitrogen and oxygen atoms in total. The molecule has 0 aliphatic heterocycles. The van der Waals surface area contributed by atoms with Crippen LogP contribution >= 0.6 is 7.60 Å². The lowest BCUT2D eigenvalue weighted by Gasteiger charge is -2.28. The lowest BCUT2D eigenvalue weighted by Crippen LogP contribution is -2.60. The molecule has 0 aliphatic carbocycles. The van der Waals surface area contributed by atoms with Crippen molar-refractivity contribution in [1.82, 2.24) is 5.32 Å². The summed E-state index contributed by atoms with van der Waals surface area (Å²) in [6, 6.07) is 0. The van der Waals surface area contributed by atoms with Crippen molar-refractivity contribution in [3.05, 3.63) is 12.2 Å². The molecule has 0 bridgehead atoms. The van der Waals surface area contributed by atoms with Crippen LogP contribution in [0.4, 0.5) is 0 Å². The quantitative estimate of drug-likeness (QED) is 0.197. The third-order valence-electron chi connectivity index (χ3n) is 3.45. The fourth-order valence-corrected chi connectivity index (χ4v) is 3.97. The second-order valence-electron chi connectivity index (χ2n) is 5.66. The van der Waals surface area contributed by atoms with Crippen LogP contribution in [0.3, 0.4) is 0 Å². The minimum Gasteiger partial charge on any atom is -0.464 e. The Morgan fingerprint density at radius 3 is 1.79 bits per heavy atom. The van der Waals surface area contributed by atoms with Crippen molar-refractivity contribution in [2.24, 2.45) is 0 Å². The number of rotatable bonds is 14. The van der Waals surface area contributed by atoms with E-state index in [1.807, 2.05) is 0 Å². The molecule has 0 heterocycles. The van der Waals surface area contributed by atoms with Gasteiger partial charge in [0.25, 0.3) is 0 Å². The molecule has 0 radical (unpaired) electrons. The van der Waals surface area contributed by atoms with Gasteiger partial charge < -0.3 is 23.8 Å². The standard InChI is InChI=1S/C18H32NO8P/c1-6-24-16(21)18(19-15(5)20,17(22)25-7-2)13-11-10-12-14-28(23,26-8-3)27-9-4/h10-11H,6-9,12-14H2,1-5H3,(H,19,20)/b11-10+. The first-order chi connectivity index (χ1) is 13.2. The summed E-state index contributed by atoms with van der Waals surface area (Å²) in [6.07, 6.45) is 3.49. The molecule has 0 rings (SSSR count). The Morgan fingerprint density at radius 2 is 1.39 bits per heavy atom. The van der Waals surface area contributed by atoms with Crippen LogP contribution in [0.1, 0.15) is 47.5 Å². The number of amides is 1. The predicted octanol–water partition coefficient (Wildman–Crippen LogP) is 2.59. The van der Waals surface area contributed by atoms with Crippen LogP contribution in [-0.2, 0) is 37.5 Å². The first kappa shape index (κ1) is 26.3. The van der Waals surface area contributed by atoms with Crippen LogP contribution in [-0.4, -0.2) is 56.0 Å². The second kappa shape index (κ2) is 13.5. The topological polar surface area (TPSA) is 117 Å². The maximum Gasteiger partial charge on any atom is 0.344 e. The highest BCUT2D eigenvalue weighted by molar-refractivity contribution is 7.53. The van der Waals surface area contributed by atoms with Crippen LogP contribution < -0.4 is 5.32 Å². The number of carbonyl (C=O) groups excluding carboxylic acids is 3. The van der Waals surface area contributed by atoms with Gasteiger partial charge in [0.2, 0.25) is 11.4 Å². The molecule has 0 aliphatic rings. The Balaban J connectivity index is 5.34. The maximum atomic E-state index is 12.5. The smallest absolute Gasteiger partial charge is 0.344 e. The van der Waals surface area contributed by atoms with Crippen LogP contribution in [0.15, 0.2) is 12.2 Å². The lowest BCUT2D eigenvalue weighted by molar-refractivity contribution is -0.167. The van der Waals surface area contributed by atoms with Crippen molar-refractivity contribution in [2.45, 2.75) is 53.0 Å². The number of esters is 2. The fraction of sp³-hybridized carbons (Fsp3) is 0.722. The molecular formula is C18H32NO8P. The summed E-state index contributed by atoms with van der Waals surface area (Å²) in [5, 5.41) is 2.37. The van der Waals surface area contributed by atoms with Crippen molar-refractivity contribution in [3.8, 4) is 0 Å². The van der Waals surface area contributed by atoms with E-state index in [1.54, 1.807) is 33.8 Å². The zero-order valence-corrected chi connectivity index (χ0v) is 18.2. The molecule has 0 aromatic carbocycles. The second-order valence-corrected chi connectivity index (χ2v) is 7.85. The van der Waals surface area contributed by atoms with Crippen molar-refractivity contribution >= 4 is 25.4 Å². The van der Waals surface area contributed by atoms with Gasteiger partial charge in [-0.05, 0) is 34.1 Å². The molecule has 1 N–H and O–H groups in total. The van der Waals surface area contributed by atoms with E-state index >= 15 is 0 Å². The zero-order valence-electron chi connectivity index (χ0n) is 17.3. The summed E-state index contributed by atoms with van der Waals surface area (Å²) in [6.45, 7) is 8.43. The van der Waals surface area contributed by atoms with Gasteiger partial charge in [-0.3, -0.25) is 9.36 Å². The highest BCUT2D eigenvalue weighted by Crippen LogP contribution is 2.48. The molecule has 162 valence electrons. The maximum absolute atomic E-state index is 12.5. The van der Waals surface area contributed by atoms with E-state index in [1.165, 1.54) is 13.0 Å². The molecule has 0 spiro atoms. The summed E-state index contributed by atoms with van der Waals surface area (Å²) in [4.78, 5) is 36.5. The average molecular weight is 421 g/mol. The first-order valence-electron chi connectivity index (χ1n) is 9.37. The Morgan fingerprint density at radius 1 is 0.893 bits per heavy atom. The van der Waals surface area contributed by atoms with Gasteiger partial charge in [-0.1, -0.05) is 12.2 Å². The summed E-state index contributed by atoms with van der Waals surface area (Å²) in [5.74, 6) is -2.38. The van der Waals surface area contributed by atoms with E-state index < -0.39 is 31.0 Å². The van der Waals surface area contributed by atoms with E-state index in [2.05, 4.69) is 5.32 Å². The van der Waals surface area contributed by atoms with E-state index in [0.29, 0.717) is 6.42 Å². The van der Waals surface area contributed by atoms with E-state index in [4.69, 9.17) is 18.5 Å². The summed E-state index contributed by atoms with van der Waals surface area (Å²) >= 11 is 0. The number of carbonyl (C=O) groups is 3. The monoisotopic (exact) mass is 421 g/mol. The van der Waals surface area contributed by atoms with E-state index in [-0.39, 0.29) is 39.0 Å². The van der Waals surface area contributed by atoms with Crippen molar-refractivity contribution in [3.63, 3.8) is 0 Å². The SMILES string of the molecule is CCOC(=O)C(C/C=C/CCP(=O)(OCC)OCC)(NC(C)=O)C(=O)OCC. The summed E-state index contributed by atoms with van der Waals surface area (Å²) in [7, 11) is -3.19. The molecular weight excluding hydrogens is 389 g/mol. The molecule has 0 unspecified atom stereocenters. The van der Waals surface area contributed by atoms with Gasteiger partial charge >= 0.3 is 19.5 Å². The van der Waals surface area contributed by atoms with Gasteiger partial charge in [-0.25, -0.2) is 9.59 Å². The largest absolute Gasteiger partial charge is 0.464 e. The molecule has 0 atom stereocenters. The number of nitrogens with one attached hydrogen (secondary N) is 1. The minimum atomic E-state index is -3.19. The molecule has 0 saturated heterocycles. The summed E-state index contributed by atoms with van der Waals surface area (Å²) in [5.41, 5.74) is -1.97.